The zero-order chi connectivity index (χ0) is 46.1. The number of pyridine rings is 1. The highest BCUT2D eigenvalue weighted by molar-refractivity contribution is 6.28. The molecule has 0 radical (unpaired) electrons. The van der Waals surface area contributed by atoms with E-state index >= 15 is 0 Å². The van der Waals surface area contributed by atoms with Crippen LogP contribution in [0.2, 0.25) is 0 Å². The molecule has 16 heteroatoms. The van der Waals surface area contributed by atoms with Crippen molar-refractivity contribution in [1.82, 2.24) is 14.3 Å². The first-order valence-corrected chi connectivity index (χ1v) is 20.3. The van der Waals surface area contributed by atoms with Crippen LogP contribution in [0.25, 0.3) is 27.5 Å². The molecule has 0 aliphatic carbocycles. The van der Waals surface area contributed by atoms with Crippen molar-refractivity contribution in [1.29, 1.82) is 0 Å². The Balaban J connectivity index is 0.00000137. The van der Waals surface area contributed by atoms with Crippen LogP contribution in [-0.4, -0.2) is 110 Å². The number of nitrogens with zero attached hydrogens (tertiary/aromatic N) is 3. The molecule has 0 fully saturated rings. The minimum Gasteiger partial charge on any atom is -0.507 e. The highest BCUT2D eigenvalue weighted by Gasteiger charge is 2.50. The number of carbonyl (C=O) groups excluding carboxylic acids is 4. The predicted octanol–water partition coefficient (Wildman–Crippen LogP) is 5.86. The van der Waals surface area contributed by atoms with Crippen molar-refractivity contribution >= 4 is 57.2 Å². The van der Waals surface area contributed by atoms with Crippen molar-refractivity contribution in [3.8, 4) is 17.2 Å². The Morgan fingerprint density at radius 2 is 1.66 bits per heavy atom. The molecule has 4 bridgehead atoms. The molecule has 2 aliphatic heterocycles. The predicted molar refractivity (Wildman–Crippen MR) is 233 cm³/mol. The molecule has 0 spiro atoms. The van der Waals surface area contributed by atoms with Gasteiger partial charge in [-0.3, -0.25) is 23.6 Å². The molecule has 4 aromatic rings. The topological polar surface area (TPSA) is 219 Å². The van der Waals surface area contributed by atoms with E-state index in [1.165, 1.54) is 45.1 Å². The SMILES string of the molecule is CN(C)C=O.CO[C@H]1/C=C/O[C@@]2(C)Oc3c(C)c(O)c4c(O)c(c5c(nc6cc(C)ccn65)c4c3C2=O)NC(=O)/C(C)=C\C=C\[C@H](C)[C@H](O)[C@@H](C)[C@@H](O)[C@@H](C)[C@@H](OC(C)=O)[C@H]1C. The number of anilines is 1. The largest absolute Gasteiger partial charge is 0.507 e. The minimum atomic E-state index is -1.96. The number of ketones is 1. The zero-order valence-corrected chi connectivity index (χ0v) is 37.2. The van der Waals surface area contributed by atoms with Gasteiger partial charge in [-0.1, -0.05) is 45.9 Å². The molecule has 16 nitrogen and oxygen atoms in total. The maximum atomic E-state index is 14.6. The molecule has 6 rings (SSSR count). The number of amides is 2. The minimum absolute atomic E-state index is 0.0185. The van der Waals surface area contributed by atoms with Gasteiger partial charge in [-0.25, -0.2) is 4.98 Å². The van der Waals surface area contributed by atoms with E-state index in [0.717, 1.165) is 12.0 Å². The van der Waals surface area contributed by atoms with E-state index in [1.807, 2.05) is 19.1 Å². The highest BCUT2D eigenvalue weighted by Crippen LogP contribution is 2.54. The lowest BCUT2D eigenvalue weighted by atomic mass is 9.78. The fraction of sp³-hybridized carbons (Fsp3) is 0.457. The summed E-state index contributed by atoms with van der Waals surface area (Å²) in [5.41, 5.74) is 2.18. The van der Waals surface area contributed by atoms with E-state index < -0.39 is 77.3 Å². The van der Waals surface area contributed by atoms with Gasteiger partial charge in [-0.05, 0) is 44.5 Å². The Hall–Kier alpha value is -5.97. The van der Waals surface area contributed by atoms with Crippen molar-refractivity contribution in [2.45, 2.75) is 92.5 Å². The zero-order valence-electron chi connectivity index (χ0n) is 37.2. The molecule has 334 valence electrons. The van der Waals surface area contributed by atoms with Crippen LogP contribution in [0, 0.1) is 37.5 Å². The molecule has 4 heterocycles. The summed E-state index contributed by atoms with van der Waals surface area (Å²) >= 11 is 0. The lowest BCUT2D eigenvalue weighted by Crippen LogP contribution is -2.46. The fourth-order valence-electron chi connectivity index (χ4n) is 8.03. The van der Waals surface area contributed by atoms with Gasteiger partial charge in [0.2, 0.25) is 6.41 Å². The molecule has 0 unspecified atom stereocenters. The number of nitrogens with one attached hydrogen (secondary N) is 1. The molecule has 0 saturated heterocycles. The summed E-state index contributed by atoms with van der Waals surface area (Å²) in [6, 6.07) is 3.64. The number of fused-ring (bicyclic) bond motifs is 2. The summed E-state index contributed by atoms with van der Waals surface area (Å²) in [4.78, 5) is 56.4. The lowest BCUT2D eigenvalue weighted by molar-refractivity contribution is -0.160. The number of phenols is 2. The molecule has 2 aliphatic rings. The van der Waals surface area contributed by atoms with Gasteiger partial charge in [-0.2, -0.15) is 0 Å². The Bertz CT molecular complexity index is 2490. The third kappa shape index (κ3) is 8.85. The number of phenolic OH excluding ortho intramolecular Hbond substituents is 2. The average molecular weight is 859 g/mol. The van der Waals surface area contributed by atoms with Crippen molar-refractivity contribution in [2.75, 3.05) is 26.5 Å². The Morgan fingerprint density at radius 3 is 2.27 bits per heavy atom. The number of aliphatic hydroxyl groups excluding tert-OH is 2. The smallest absolute Gasteiger partial charge is 0.312 e. The molecular weight excluding hydrogens is 801 g/mol. The van der Waals surface area contributed by atoms with Gasteiger partial charge in [0.05, 0.1) is 35.5 Å². The van der Waals surface area contributed by atoms with Crippen molar-refractivity contribution in [3.05, 3.63) is 71.2 Å². The van der Waals surface area contributed by atoms with Gasteiger partial charge in [-0.15, -0.1) is 0 Å². The second-order valence-electron chi connectivity index (χ2n) is 16.7. The standard InChI is InChI=1S/C43H51N3O11.C3H7NO/c1-19-14-16-46-28(18-19)44-32-29-30-37(50)25(7)40-31(29)41(52)43(9,57-40)55-17-15-27(54-10)22(4)39(56-26(8)47)24(6)36(49)23(5)35(48)20(2)12-11-13-21(3)42(53)45-33(34(32)46)38(30)51;1-4(2)3-5/h11-18,20,22-24,27,35-36,39,48-51H,1-10H3,(H,45,53);3H,1-2H3/b12-11+,17-15+,21-13-;/t20-,22-,23+,24+,27-,35-,36+,39-,43-;/m0./s1. The summed E-state index contributed by atoms with van der Waals surface area (Å²) in [5, 5.41) is 49.4. The van der Waals surface area contributed by atoms with Crippen LogP contribution < -0.4 is 10.1 Å². The summed E-state index contributed by atoms with van der Waals surface area (Å²) < 4.78 is 25.5. The number of esters is 1. The highest BCUT2D eigenvalue weighted by atomic mass is 16.7. The van der Waals surface area contributed by atoms with E-state index in [0.29, 0.717) is 5.65 Å². The third-order valence-electron chi connectivity index (χ3n) is 11.7. The number of benzene rings is 2. The van der Waals surface area contributed by atoms with Crippen LogP contribution in [0.3, 0.4) is 0 Å². The second kappa shape index (κ2) is 18.6. The van der Waals surface area contributed by atoms with Gasteiger partial charge in [0, 0.05) is 81.4 Å². The van der Waals surface area contributed by atoms with E-state index in [9.17, 15) is 39.6 Å². The van der Waals surface area contributed by atoms with Crippen molar-refractivity contribution in [3.63, 3.8) is 0 Å². The van der Waals surface area contributed by atoms with Crippen LogP contribution in [0.15, 0.2) is 54.5 Å². The summed E-state index contributed by atoms with van der Waals surface area (Å²) in [6.07, 6.45) is 6.37. The van der Waals surface area contributed by atoms with Crippen molar-refractivity contribution in [2.24, 2.45) is 23.7 Å². The van der Waals surface area contributed by atoms with E-state index in [2.05, 4.69) is 5.32 Å². The maximum absolute atomic E-state index is 14.6. The number of hydrogen-bond donors (Lipinski definition) is 5. The van der Waals surface area contributed by atoms with Crippen molar-refractivity contribution < 1.29 is 58.6 Å². The number of aliphatic hydroxyl groups is 2. The van der Waals surface area contributed by atoms with E-state index in [-0.39, 0.29) is 55.7 Å². The van der Waals surface area contributed by atoms with Gasteiger partial charge in [0.15, 0.2) is 5.75 Å². The van der Waals surface area contributed by atoms with Crippen LogP contribution in [0.1, 0.15) is 70.0 Å². The first-order chi connectivity index (χ1) is 29.1. The van der Waals surface area contributed by atoms with Crippen LogP contribution in [-0.2, 0) is 28.6 Å². The molecule has 0 saturated carbocycles. The summed E-state index contributed by atoms with van der Waals surface area (Å²) in [6.45, 7) is 14.7. The Labute approximate surface area is 360 Å². The molecule has 5 N–H and O–H groups in total. The fourth-order valence-corrected chi connectivity index (χ4v) is 8.03. The van der Waals surface area contributed by atoms with E-state index in [4.69, 9.17) is 23.9 Å². The molecule has 62 heavy (non-hydrogen) atoms. The second-order valence-corrected chi connectivity index (χ2v) is 16.7. The quantitative estimate of drug-likeness (QED) is 0.0928. The van der Waals surface area contributed by atoms with Gasteiger partial charge >= 0.3 is 11.8 Å². The van der Waals surface area contributed by atoms with E-state index in [1.54, 1.807) is 77.5 Å². The number of aromatic hydroxyl groups is 2. The number of allylic oxidation sites excluding steroid dienone is 2. The first-order valence-electron chi connectivity index (χ1n) is 20.3. The number of carbonyl (C=O) groups is 4. The number of aromatic nitrogens is 2. The molecule has 2 amide bonds. The maximum Gasteiger partial charge on any atom is 0.312 e. The monoisotopic (exact) mass is 858 g/mol. The van der Waals surface area contributed by atoms with Crippen LogP contribution in [0.5, 0.6) is 17.2 Å². The van der Waals surface area contributed by atoms with Crippen LogP contribution in [0.4, 0.5) is 5.69 Å². The molecular formula is C46H58N4O12. The third-order valence-corrected chi connectivity index (χ3v) is 11.7. The number of imidazole rings is 1. The van der Waals surface area contributed by atoms with Crippen LogP contribution >= 0.6 is 0 Å². The van der Waals surface area contributed by atoms with Gasteiger partial charge < -0.3 is 49.6 Å². The lowest BCUT2D eigenvalue weighted by Gasteiger charge is -2.38. The Morgan fingerprint density at radius 1 is 1.00 bits per heavy atom. The molecule has 2 aromatic carbocycles. The summed E-state index contributed by atoms with van der Waals surface area (Å²) in [7, 11) is 4.83. The number of rotatable bonds is 3. The number of ether oxygens (including phenoxy) is 4. The average Bonchev–Trinajstić information content (AvgIpc) is 3.73. The molecule has 2 aromatic heterocycles. The van der Waals surface area contributed by atoms with Gasteiger partial charge in [0.1, 0.15) is 40.0 Å². The number of methoxy groups -OCH3 is 1. The normalized spacial score (nSPS) is 28.9. The first kappa shape index (κ1) is 47.1. The Kier molecular flexibility index (Phi) is 14.1. The molecule has 9 atom stereocenters. The number of aryl methyl sites for hydroxylation is 1. The number of hydrogen-bond acceptors (Lipinski definition) is 13. The summed E-state index contributed by atoms with van der Waals surface area (Å²) in [5.74, 6) is -6.96. The van der Waals surface area contributed by atoms with Gasteiger partial charge in [0.25, 0.3) is 11.7 Å². The number of Topliss-reactive ketones (excluding diaryl/α,β-unsaturated/α-hetero) is 1.